The average molecular weight is 254 g/mol. The van der Waals surface area contributed by atoms with E-state index in [1.807, 2.05) is 30.3 Å². The molecule has 96 valence electrons. The Morgan fingerprint density at radius 2 is 1.74 bits per heavy atom. The third kappa shape index (κ3) is 3.90. The van der Waals surface area contributed by atoms with Crippen molar-refractivity contribution in [3.63, 3.8) is 0 Å². The molecule has 2 rings (SSSR count). The molecule has 1 atom stereocenters. The van der Waals surface area contributed by atoms with Gasteiger partial charge in [-0.3, -0.25) is 5.32 Å². The maximum absolute atomic E-state index is 12.8. The van der Waals surface area contributed by atoms with Crippen LogP contribution in [0.4, 0.5) is 4.39 Å². The Balaban J connectivity index is 1.88. The van der Waals surface area contributed by atoms with Gasteiger partial charge in [-0.1, -0.05) is 42.5 Å². The molecule has 0 saturated carbocycles. The van der Waals surface area contributed by atoms with Crippen molar-refractivity contribution in [1.82, 2.24) is 5.32 Å². The predicted molar refractivity (Wildman–Crippen MR) is 72.9 cm³/mol. The third-order valence-corrected chi connectivity index (χ3v) is 2.94. The number of hydrogen-bond acceptors (Lipinski definition) is 2. The molecule has 0 heterocycles. The SMILES string of the molecule is N#CC(NCCc1ccc(F)cc1)c1ccccc1. The fourth-order valence-corrected chi connectivity index (χ4v) is 1.90. The summed E-state index contributed by atoms with van der Waals surface area (Å²) in [5, 5.41) is 12.3. The van der Waals surface area contributed by atoms with Crippen molar-refractivity contribution in [2.75, 3.05) is 6.54 Å². The molecule has 2 aromatic rings. The van der Waals surface area contributed by atoms with Crippen LogP contribution in [0, 0.1) is 17.1 Å². The maximum atomic E-state index is 12.8. The van der Waals surface area contributed by atoms with Crippen LogP contribution < -0.4 is 5.32 Å². The first kappa shape index (κ1) is 13.3. The number of nitrogens with one attached hydrogen (secondary N) is 1. The van der Waals surface area contributed by atoms with Gasteiger partial charge in [0.15, 0.2) is 0 Å². The summed E-state index contributed by atoms with van der Waals surface area (Å²) in [6, 6.07) is 18.0. The molecule has 1 unspecified atom stereocenters. The first-order valence-corrected chi connectivity index (χ1v) is 6.22. The van der Waals surface area contributed by atoms with Gasteiger partial charge >= 0.3 is 0 Å². The molecule has 1 N–H and O–H groups in total. The summed E-state index contributed by atoms with van der Waals surface area (Å²) in [6.07, 6.45) is 0.769. The van der Waals surface area contributed by atoms with Crippen molar-refractivity contribution >= 4 is 0 Å². The molecule has 0 saturated heterocycles. The van der Waals surface area contributed by atoms with Crippen LogP contribution in [-0.4, -0.2) is 6.54 Å². The first-order valence-electron chi connectivity index (χ1n) is 6.22. The minimum absolute atomic E-state index is 0.226. The van der Waals surface area contributed by atoms with Gasteiger partial charge in [-0.2, -0.15) is 5.26 Å². The van der Waals surface area contributed by atoms with Crippen molar-refractivity contribution in [2.24, 2.45) is 0 Å². The van der Waals surface area contributed by atoms with Crippen LogP contribution in [0.25, 0.3) is 0 Å². The molecule has 0 amide bonds. The number of nitrogens with zero attached hydrogens (tertiary/aromatic N) is 1. The highest BCUT2D eigenvalue weighted by atomic mass is 19.1. The third-order valence-electron chi connectivity index (χ3n) is 2.94. The largest absolute Gasteiger partial charge is 0.298 e. The second-order valence-electron chi connectivity index (χ2n) is 4.30. The highest BCUT2D eigenvalue weighted by molar-refractivity contribution is 5.24. The van der Waals surface area contributed by atoms with Crippen LogP contribution in [0.3, 0.4) is 0 Å². The number of nitriles is 1. The lowest BCUT2D eigenvalue weighted by molar-refractivity contribution is 0.620. The molecular weight excluding hydrogens is 239 g/mol. The summed E-state index contributed by atoms with van der Waals surface area (Å²) in [6.45, 7) is 0.679. The molecular formula is C16H15FN2. The Bertz CT molecular complexity index is 543. The smallest absolute Gasteiger partial charge is 0.123 e. The van der Waals surface area contributed by atoms with Crippen LogP contribution in [0.2, 0.25) is 0 Å². The van der Waals surface area contributed by atoms with E-state index in [1.165, 1.54) is 12.1 Å². The first-order chi connectivity index (χ1) is 9.29. The quantitative estimate of drug-likeness (QED) is 0.889. The molecule has 0 aliphatic heterocycles. The van der Waals surface area contributed by atoms with Gasteiger partial charge < -0.3 is 0 Å². The van der Waals surface area contributed by atoms with Crippen LogP contribution >= 0.6 is 0 Å². The Labute approximate surface area is 112 Å². The van der Waals surface area contributed by atoms with Gasteiger partial charge in [0, 0.05) is 6.54 Å². The van der Waals surface area contributed by atoms with E-state index in [0.717, 1.165) is 17.5 Å². The molecule has 0 aromatic heterocycles. The molecule has 0 fully saturated rings. The summed E-state index contributed by atoms with van der Waals surface area (Å²) in [5.74, 6) is -0.226. The summed E-state index contributed by atoms with van der Waals surface area (Å²) in [5.41, 5.74) is 2.02. The predicted octanol–water partition coefficient (Wildman–Crippen LogP) is 3.22. The van der Waals surface area contributed by atoms with Crippen molar-refractivity contribution in [2.45, 2.75) is 12.5 Å². The molecule has 19 heavy (non-hydrogen) atoms. The van der Waals surface area contributed by atoms with Crippen LogP contribution in [0.5, 0.6) is 0 Å². The lowest BCUT2D eigenvalue weighted by Crippen LogP contribution is -2.22. The van der Waals surface area contributed by atoms with Crippen LogP contribution in [-0.2, 0) is 6.42 Å². The summed E-state index contributed by atoms with van der Waals surface area (Å²) in [4.78, 5) is 0. The fraction of sp³-hybridized carbons (Fsp3) is 0.188. The number of benzene rings is 2. The second-order valence-corrected chi connectivity index (χ2v) is 4.30. The summed E-state index contributed by atoms with van der Waals surface area (Å²) < 4.78 is 12.8. The average Bonchev–Trinajstić information content (AvgIpc) is 2.46. The molecule has 0 bridgehead atoms. The molecule has 2 nitrogen and oxygen atoms in total. The van der Waals surface area contributed by atoms with Crippen molar-refractivity contribution in [3.8, 4) is 6.07 Å². The summed E-state index contributed by atoms with van der Waals surface area (Å²) in [7, 11) is 0. The van der Waals surface area contributed by atoms with Crippen molar-refractivity contribution < 1.29 is 4.39 Å². The van der Waals surface area contributed by atoms with E-state index in [4.69, 9.17) is 5.26 Å². The van der Waals surface area contributed by atoms with Crippen molar-refractivity contribution in [3.05, 3.63) is 71.5 Å². The number of rotatable bonds is 5. The Hall–Kier alpha value is -2.18. The minimum atomic E-state index is -0.304. The summed E-state index contributed by atoms with van der Waals surface area (Å²) >= 11 is 0. The Kier molecular flexibility index (Phi) is 4.66. The minimum Gasteiger partial charge on any atom is -0.298 e. The highest BCUT2D eigenvalue weighted by Gasteiger charge is 2.08. The molecule has 3 heteroatoms. The van der Waals surface area contributed by atoms with Gasteiger partial charge in [0.1, 0.15) is 11.9 Å². The van der Waals surface area contributed by atoms with E-state index in [9.17, 15) is 4.39 Å². The van der Waals surface area contributed by atoms with Gasteiger partial charge in [-0.05, 0) is 29.7 Å². The standard InChI is InChI=1S/C16H15FN2/c17-15-8-6-13(7-9-15)10-11-19-16(12-18)14-4-2-1-3-5-14/h1-9,16,19H,10-11H2. The molecule has 0 radical (unpaired) electrons. The molecule has 0 spiro atoms. The lowest BCUT2D eigenvalue weighted by Gasteiger charge is -2.11. The van der Waals surface area contributed by atoms with Gasteiger partial charge in [0.2, 0.25) is 0 Å². The zero-order valence-corrected chi connectivity index (χ0v) is 10.5. The highest BCUT2D eigenvalue weighted by Crippen LogP contribution is 2.11. The normalized spacial score (nSPS) is 11.8. The van der Waals surface area contributed by atoms with E-state index < -0.39 is 0 Å². The maximum Gasteiger partial charge on any atom is 0.123 e. The lowest BCUT2D eigenvalue weighted by atomic mass is 10.1. The van der Waals surface area contributed by atoms with Gasteiger partial charge in [-0.15, -0.1) is 0 Å². The Morgan fingerprint density at radius 3 is 2.37 bits per heavy atom. The van der Waals surface area contributed by atoms with Crippen LogP contribution in [0.15, 0.2) is 54.6 Å². The zero-order valence-electron chi connectivity index (χ0n) is 10.5. The Morgan fingerprint density at radius 1 is 1.05 bits per heavy atom. The molecule has 2 aromatic carbocycles. The number of hydrogen-bond donors (Lipinski definition) is 1. The topological polar surface area (TPSA) is 35.8 Å². The van der Waals surface area contributed by atoms with Crippen LogP contribution in [0.1, 0.15) is 17.2 Å². The van der Waals surface area contributed by atoms with Gasteiger partial charge in [0.05, 0.1) is 6.07 Å². The monoisotopic (exact) mass is 254 g/mol. The van der Waals surface area contributed by atoms with E-state index in [2.05, 4.69) is 11.4 Å². The second kappa shape index (κ2) is 6.67. The zero-order chi connectivity index (χ0) is 13.5. The van der Waals surface area contributed by atoms with Gasteiger partial charge in [0.25, 0.3) is 0 Å². The van der Waals surface area contributed by atoms with E-state index >= 15 is 0 Å². The molecule has 0 aliphatic carbocycles. The van der Waals surface area contributed by atoms with Gasteiger partial charge in [-0.25, -0.2) is 4.39 Å². The van der Waals surface area contributed by atoms with E-state index in [1.54, 1.807) is 12.1 Å². The molecule has 0 aliphatic rings. The number of halogens is 1. The van der Waals surface area contributed by atoms with E-state index in [-0.39, 0.29) is 11.9 Å². The van der Waals surface area contributed by atoms with E-state index in [0.29, 0.717) is 6.54 Å². The fourth-order valence-electron chi connectivity index (χ4n) is 1.90. The van der Waals surface area contributed by atoms with Crippen molar-refractivity contribution in [1.29, 1.82) is 5.26 Å².